The number of rotatable bonds is 4. The van der Waals surface area contributed by atoms with E-state index in [1.165, 1.54) is 23.1 Å². The van der Waals surface area contributed by atoms with Crippen molar-refractivity contribution < 1.29 is 17.6 Å². The predicted octanol–water partition coefficient (Wildman–Crippen LogP) is 2.04. The fourth-order valence-corrected chi connectivity index (χ4v) is 3.37. The minimum Gasteiger partial charge on any atom is -0.323 e. The van der Waals surface area contributed by atoms with Crippen molar-refractivity contribution in [3.05, 3.63) is 41.8 Å². The number of amides is 1. The first kappa shape index (κ1) is 17.6. The summed E-state index contributed by atoms with van der Waals surface area (Å²) in [6.45, 7) is 4.24. The fourth-order valence-electron chi connectivity index (χ4n) is 2.10. The maximum atomic E-state index is 14.1. The maximum absolute atomic E-state index is 14.1. The highest BCUT2D eigenvalue weighted by molar-refractivity contribution is 7.91. The van der Waals surface area contributed by atoms with Crippen molar-refractivity contribution in [1.82, 2.24) is 14.7 Å². The van der Waals surface area contributed by atoms with E-state index in [0.717, 1.165) is 12.3 Å². The van der Waals surface area contributed by atoms with Gasteiger partial charge in [0.2, 0.25) is 14.9 Å². The zero-order valence-corrected chi connectivity index (χ0v) is 13.9. The third-order valence-electron chi connectivity index (χ3n) is 3.40. The third-order valence-corrected chi connectivity index (χ3v) is 5.06. The van der Waals surface area contributed by atoms with Crippen LogP contribution < -0.4 is 0 Å². The Labute approximate surface area is 138 Å². The number of aromatic nitrogens is 2. The molecule has 0 aliphatic heterocycles. The molecule has 0 unspecified atom stereocenters. The van der Waals surface area contributed by atoms with Crippen LogP contribution in [0.15, 0.2) is 40.4 Å². The minimum atomic E-state index is -4.28. The van der Waals surface area contributed by atoms with Crippen molar-refractivity contribution in [2.45, 2.75) is 23.8 Å². The van der Waals surface area contributed by atoms with E-state index < -0.39 is 26.7 Å². The molecule has 0 fully saturated rings. The third kappa shape index (κ3) is 3.14. The molecule has 9 heteroatoms. The highest BCUT2D eigenvalue weighted by Gasteiger charge is 2.28. The molecule has 7 nitrogen and oxygen atoms in total. The van der Waals surface area contributed by atoms with Crippen LogP contribution in [-0.2, 0) is 9.84 Å². The average molecular weight is 350 g/mol. The zero-order valence-electron chi connectivity index (χ0n) is 13.1. The van der Waals surface area contributed by atoms with E-state index in [2.05, 4.69) is 5.10 Å². The van der Waals surface area contributed by atoms with Crippen molar-refractivity contribution in [3.8, 4) is 6.07 Å². The number of halogens is 1. The Morgan fingerprint density at radius 3 is 2.62 bits per heavy atom. The lowest BCUT2D eigenvalue weighted by Gasteiger charge is -2.17. The van der Waals surface area contributed by atoms with Crippen LogP contribution in [0, 0.1) is 17.1 Å². The molecule has 0 N–H and O–H groups in total. The van der Waals surface area contributed by atoms with Crippen LogP contribution in [0.3, 0.4) is 0 Å². The summed E-state index contributed by atoms with van der Waals surface area (Å²) in [6, 6.07) is 6.36. The summed E-state index contributed by atoms with van der Waals surface area (Å²) in [4.78, 5) is 13.3. The molecule has 0 spiro atoms. The van der Waals surface area contributed by atoms with Crippen LogP contribution in [-0.4, -0.2) is 42.2 Å². The Morgan fingerprint density at radius 1 is 1.38 bits per heavy atom. The van der Waals surface area contributed by atoms with Gasteiger partial charge in [-0.05, 0) is 32.0 Å². The molecule has 0 saturated carbocycles. The molecule has 24 heavy (non-hydrogen) atoms. The standard InChI is InChI=1S/C15H15FN4O3S/c1-3-19(4-2)15(21)20-10-13(16)14(18-20)24(22,23)12-7-5-6-11(8-12)9-17/h5-8,10H,3-4H2,1-2H3. The van der Waals surface area contributed by atoms with Crippen molar-refractivity contribution in [2.75, 3.05) is 13.1 Å². The van der Waals surface area contributed by atoms with E-state index in [0.29, 0.717) is 17.8 Å². The van der Waals surface area contributed by atoms with Gasteiger partial charge in [0, 0.05) is 13.1 Å². The molecule has 0 atom stereocenters. The Kier molecular flexibility index (Phi) is 4.99. The van der Waals surface area contributed by atoms with Gasteiger partial charge in [-0.25, -0.2) is 17.6 Å². The van der Waals surface area contributed by atoms with Gasteiger partial charge in [0.1, 0.15) is 0 Å². The van der Waals surface area contributed by atoms with Gasteiger partial charge in [-0.1, -0.05) is 6.07 Å². The van der Waals surface area contributed by atoms with Gasteiger partial charge in [-0.2, -0.15) is 9.94 Å². The number of carbonyl (C=O) groups excluding carboxylic acids is 1. The molecule has 0 aliphatic rings. The Hall–Kier alpha value is -2.73. The van der Waals surface area contributed by atoms with E-state index in [4.69, 9.17) is 5.26 Å². The lowest BCUT2D eigenvalue weighted by atomic mass is 10.2. The van der Waals surface area contributed by atoms with Crippen molar-refractivity contribution in [1.29, 1.82) is 5.26 Å². The Bertz CT molecular complexity index is 911. The SMILES string of the molecule is CCN(CC)C(=O)n1cc(F)c(S(=O)(=O)c2cccc(C#N)c2)n1. The molecule has 0 aliphatic carbocycles. The predicted molar refractivity (Wildman–Crippen MR) is 82.5 cm³/mol. The molecular formula is C15H15FN4O3S. The smallest absolute Gasteiger partial charge is 0.323 e. The molecular weight excluding hydrogens is 335 g/mol. The van der Waals surface area contributed by atoms with Gasteiger partial charge >= 0.3 is 6.03 Å². The number of carbonyl (C=O) groups is 1. The van der Waals surface area contributed by atoms with Crippen LogP contribution in [0.25, 0.3) is 0 Å². The summed E-state index contributed by atoms with van der Waals surface area (Å²) >= 11 is 0. The average Bonchev–Trinajstić information content (AvgIpc) is 2.98. The molecule has 2 rings (SSSR count). The number of benzene rings is 1. The first-order valence-corrected chi connectivity index (χ1v) is 8.63. The minimum absolute atomic E-state index is 0.120. The van der Waals surface area contributed by atoms with Gasteiger partial charge in [-0.15, -0.1) is 5.10 Å². The molecule has 1 aromatic carbocycles. The molecule has 1 amide bonds. The summed E-state index contributed by atoms with van der Waals surface area (Å²) in [7, 11) is -4.28. The maximum Gasteiger partial charge on any atom is 0.344 e. The summed E-state index contributed by atoms with van der Waals surface area (Å²) in [5, 5.41) is 11.6. The Balaban J connectivity index is 2.49. The second kappa shape index (κ2) is 6.80. The summed E-state index contributed by atoms with van der Waals surface area (Å²) in [6.07, 6.45) is 0.738. The molecule has 1 heterocycles. The highest BCUT2D eigenvalue weighted by atomic mass is 32.2. The second-order valence-electron chi connectivity index (χ2n) is 4.82. The Morgan fingerprint density at radius 2 is 2.04 bits per heavy atom. The molecule has 0 bridgehead atoms. The van der Waals surface area contributed by atoms with Crippen LogP contribution in [0.5, 0.6) is 0 Å². The summed E-state index contributed by atoms with van der Waals surface area (Å²) in [5.74, 6) is -1.13. The molecule has 2 aromatic rings. The van der Waals surface area contributed by atoms with Crippen LogP contribution >= 0.6 is 0 Å². The topological polar surface area (TPSA) is 96.1 Å². The first-order valence-electron chi connectivity index (χ1n) is 7.14. The molecule has 126 valence electrons. The van der Waals surface area contributed by atoms with E-state index in [1.807, 2.05) is 6.07 Å². The lowest BCUT2D eigenvalue weighted by Crippen LogP contribution is -2.34. The molecule has 0 radical (unpaired) electrons. The van der Waals surface area contributed by atoms with Gasteiger partial charge in [0.25, 0.3) is 0 Å². The van der Waals surface area contributed by atoms with Gasteiger partial charge in [0.15, 0.2) is 5.82 Å². The quantitative estimate of drug-likeness (QED) is 0.841. The van der Waals surface area contributed by atoms with E-state index in [-0.39, 0.29) is 10.5 Å². The van der Waals surface area contributed by atoms with E-state index in [9.17, 15) is 17.6 Å². The van der Waals surface area contributed by atoms with Crippen LogP contribution in [0.2, 0.25) is 0 Å². The van der Waals surface area contributed by atoms with Crippen molar-refractivity contribution in [3.63, 3.8) is 0 Å². The van der Waals surface area contributed by atoms with E-state index >= 15 is 0 Å². The molecule has 0 saturated heterocycles. The second-order valence-corrected chi connectivity index (χ2v) is 6.69. The number of sulfone groups is 1. The van der Waals surface area contributed by atoms with Gasteiger partial charge in [-0.3, -0.25) is 0 Å². The lowest BCUT2D eigenvalue weighted by molar-refractivity contribution is 0.201. The number of nitriles is 1. The normalized spacial score (nSPS) is 11.1. The first-order chi connectivity index (χ1) is 11.3. The van der Waals surface area contributed by atoms with Crippen molar-refractivity contribution >= 4 is 15.9 Å². The zero-order chi connectivity index (χ0) is 17.9. The fraction of sp³-hybridized carbons (Fsp3) is 0.267. The highest BCUT2D eigenvalue weighted by Crippen LogP contribution is 2.22. The number of nitrogens with zero attached hydrogens (tertiary/aromatic N) is 4. The largest absolute Gasteiger partial charge is 0.344 e. The summed E-state index contributed by atoms with van der Waals surface area (Å²) in [5.41, 5.74) is 0.120. The number of hydrogen-bond donors (Lipinski definition) is 0. The summed E-state index contributed by atoms with van der Waals surface area (Å²) < 4.78 is 39.8. The number of hydrogen-bond acceptors (Lipinski definition) is 5. The van der Waals surface area contributed by atoms with Crippen LogP contribution in [0.4, 0.5) is 9.18 Å². The van der Waals surface area contributed by atoms with Gasteiger partial charge in [0.05, 0.1) is 22.7 Å². The van der Waals surface area contributed by atoms with Gasteiger partial charge < -0.3 is 4.90 Å². The molecule has 1 aromatic heterocycles. The van der Waals surface area contributed by atoms with Crippen molar-refractivity contribution in [2.24, 2.45) is 0 Å². The van der Waals surface area contributed by atoms with Crippen LogP contribution in [0.1, 0.15) is 19.4 Å². The van der Waals surface area contributed by atoms with E-state index in [1.54, 1.807) is 13.8 Å². The monoisotopic (exact) mass is 350 g/mol.